The summed E-state index contributed by atoms with van der Waals surface area (Å²) in [7, 11) is 2.10. The molecular weight excluding hydrogens is 366 g/mol. The molecule has 30 heavy (non-hydrogen) atoms. The predicted octanol–water partition coefficient (Wildman–Crippen LogP) is 6.33. The molecule has 0 atom stereocenters. The van der Waals surface area contributed by atoms with Crippen LogP contribution in [-0.4, -0.2) is 15.5 Å². The fraction of sp³-hybridized carbons (Fsp3) is 0.481. The summed E-state index contributed by atoms with van der Waals surface area (Å²) in [5, 5.41) is 6.30. The Bertz CT molecular complexity index is 1080. The standard InChI is InChI=1S/C27H33N3/c1-19-15-21(16-25-23-13-7-6-12-22(23)18-28-25)17-26-27(19)24(29-30(26)2)14-8-11-20-9-4-3-5-10-20/h6-7,12-13,15,17,20H,3-5,8-11,14,16,18H2,1-2H3. The van der Waals surface area contributed by atoms with Gasteiger partial charge in [0.25, 0.3) is 0 Å². The van der Waals surface area contributed by atoms with Gasteiger partial charge in [-0.3, -0.25) is 9.67 Å². The Labute approximate surface area is 180 Å². The second-order valence-electron chi connectivity index (χ2n) is 9.37. The lowest BCUT2D eigenvalue weighted by Crippen LogP contribution is -2.06. The van der Waals surface area contributed by atoms with Crippen molar-refractivity contribution in [3.8, 4) is 0 Å². The van der Waals surface area contributed by atoms with Gasteiger partial charge in [-0.2, -0.15) is 5.10 Å². The van der Waals surface area contributed by atoms with Gasteiger partial charge in [0, 0.05) is 30.1 Å². The van der Waals surface area contributed by atoms with Gasteiger partial charge >= 0.3 is 0 Å². The molecule has 0 amide bonds. The fourth-order valence-corrected chi connectivity index (χ4v) is 5.62. The molecule has 0 spiro atoms. The van der Waals surface area contributed by atoms with Crippen LogP contribution >= 0.6 is 0 Å². The van der Waals surface area contributed by atoms with E-state index in [9.17, 15) is 0 Å². The molecule has 2 aliphatic rings. The minimum Gasteiger partial charge on any atom is -0.284 e. The van der Waals surface area contributed by atoms with Crippen molar-refractivity contribution in [3.63, 3.8) is 0 Å². The average Bonchev–Trinajstić information content (AvgIpc) is 3.30. The number of aliphatic imine (C=N–C) groups is 1. The van der Waals surface area contributed by atoms with E-state index in [1.54, 1.807) is 0 Å². The molecule has 5 rings (SSSR count). The molecule has 0 N–H and O–H groups in total. The summed E-state index contributed by atoms with van der Waals surface area (Å²) < 4.78 is 2.09. The summed E-state index contributed by atoms with van der Waals surface area (Å²) in [6, 6.07) is 13.3. The van der Waals surface area contributed by atoms with E-state index in [0.717, 1.165) is 25.3 Å². The van der Waals surface area contributed by atoms with E-state index < -0.39 is 0 Å². The zero-order valence-corrected chi connectivity index (χ0v) is 18.5. The van der Waals surface area contributed by atoms with E-state index in [-0.39, 0.29) is 0 Å². The van der Waals surface area contributed by atoms with E-state index in [0.29, 0.717) is 0 Å². The van der Waals surface area contributed by atoms with E-state index in [1.807, 2.05) is 0 Å². The molecule has 1 fully saturated rings. The van der Waals surface area contributed by atoms with E-state index >= 15 is 0 Å². The topological polar surface area (TPSA) is 30.2 Å². The van der Waals surface area contributed by atoms with E-state index in [2.05, 4.69) is 55.1 Å². The summed E-state index contributed by atoms with van der Waals surface area (Å²) in [6.45, 7) is 3.08. The van der Waals surface area contributed by atoms with Gasteiger partial charge in [-0.15, -0.1) is 0 Å². The van der Waals surface area contributed by atoms with Gasteiger partial charge in [0.15, 0.2) is 0 Å². The van der Waals surface area contributed by atoms with Crippen LogP contribution in [0.2, 0.25) is 0 Å². The second-order valence-corrected chi connectivity index (χ2v) is 9.37. The van der Waals surface area contributed by atoms with Gasteiger partial charge in [-0.05, 0) is 48.4 Å². The number of benzene rings is 2. The summed E-state index contributed by atoms with van der Waals surface area (Å²) in [6.07, 6.45) is 11.9. The normalized spacial score (nSPS) is 16.8. The highest BCUT2D eigenvalue weighted by atomic mass is 15.3. The monoisotopic (exact) mass is 399 g/mol. The maximum absolute atomic E-state index is 4.93. The highest BCUT2D eigenvalue weighted by Gasteiger charge is 2.18. The molecule has 0 radical (unpaired) electrons. The number of fused-ring (bicyclic) bond motifs is 2. The molecule has 3 aromatic rings. The fourth-order valence-electron chi connectivity index (χ4n) is 5.62. The average molecular weight is 400 g/mol. The summed E-state index contributed by atoms with van der Waals surface area (Å²) in [5.74, 6) is 0.955. The number of aromatic nitrogens is 2. The first-order chi connectivity index (χ1) is 14.7. The predicted molar refractivity (Wildman–Crippen MR) is 125 cm³/mol. The number of hydrogen-bond donors (Lipinski definition) is 0. The molecule has 1 aliphatic carbocycles. The summed E-state index contributed by atoms with van der Waals surface area (Å²) in [5.41, 5.74) is 9.15. The smallest absolute Gasteiger partial charge is 0.0705 e. The molecule has 0 bridgehead atoms. The molecule has 0 unspecified atom stereocenters. The largest absolute Gasteiger partial charge is 0.284 e. The Balaban J connectivity index is 1.34. The van der Waals surface area contributed by atoms with Gasteiger partial charge in [-0.1, -0.05) is 68.9 Å². The minimum absolute atomic E-state index is 0.823. The van der Waals surface area contributed by atoms with Gasteiger partial charge in [0.1, 0.15) is 0 Å². The molecule has 2 heterocycles. The third kappa shape index (κ3) is 3.82. The Morgan fingerprint density at radius 3 is 2.77 bits per heavy atom. The van der Waals surface area contributed by atoms with Crippen molar-refractivity contribution in [2.75, 3.05) is 0 Å². The van der Waals surface area contributed by atoms with Gasteiger partial charge in [-0.25, -0.2) is 0 Å². The number of hydrogen-bond acceptors (Lipinski definition) is 2. The van der Waals surface area contributed by atoms with Crippen LogP contribution in [0.3, 0.4) is 0 Å². The quantitative estimate of drug-likeness (QED) is 0.476. The van der Waals surface area contributed by atoms with Crippen LogP contribution in [0.25, 0.3) is 10.9 Å². The first kappa shape index (κ1) is 19.5. The molecule has 3 nitrogen and oxygen atoms in total. The highest BCUT2D eigenvalue weighted by molar-refractivity contribution is 6.05. The van der Waals surface area contributed by atoms with Crippen molar-refractivity contribution >= 4 is 16.6 Å². The Morgan fingerprint density at radius 2 is 1.90 bits per heavy atom. The first-order valence-corrected chi connectivity index (χ1v) is 11.8. The molecule has 1 saturated carbocycles. The van der Waals surface area contributed by atoms with Crippen LogP contribution in [0.5, 0.6) is 0 Å². The van der Waals surface area contributed by atoms with Crippen molar-refractivity contribution in [3.05, 3.63) is 64.3 Å². The van der Waals surface area contributed by atoms with Crippen LogP contribution in [0.4, 0.5) is 0 Å². The lowest BCUT2D eigenvalue weighted by Gasteiger charge is -2.21. The molecule has 1 aromatic heterocycles. The Hall–Kier alpha value is -2.42. The van der Waals surface area contributed by atoms with Gasteiger partial charge in [0.05, 0.1) is 17.8 Å². The molecule has 156 valence electrons. The first-order valence-electron chi connectivity index (χ1n) is 11.8. The number of nitrogens with zero attached hydrogens (tertiary/aromatic N) is 3. The van der Waals surface area contributed by atoms with E-state index in [1.165, 1.54) is 89.5 Å². The summed E-state index contributed by atoms with van der Waals surface area (Å²) in [4.78, 5) is 4.82. The Morgan fingerprint density at radius 1 is 1.07 bits per heavy atom. The molecular formula is C27H33N3. The zero-order valence-electron chi connectivity index (χ0n) is 18.5. The molecule has 0 saturated heterocycles. The molecule has 2 aromatic carbocycles. The molecule has 1 aliphatic heterocycles. The second kappa shape index (κ2) is 8.37. The van der Waals surface area contributed by atoms with Crippen LogP contribution in [0, 0.1) is 12.8 Å². The van der Waals surface area contributed by atoms with Crippen molar-refractivity contribution in [1.82, 2.24) is 9.78 Å². The maximum atomic E-state index is 4.93. The summed E-state index contributed by atoms with van der Waals surface area (Å²) >= 11 is 0. The van der Waals surface area contributed by atoms with E-state index in [4.69, 9.17) is 10.1 Å². The van der Waals surface area contributed by atoms with Crippen LogP contribution in [0.1, 0.15) is 72.9 Å². The number of aryl methyl sites for hydroxylation is 3. The van der Waals surface area contributed by atoms with Gasteiger partial charge < -0.3 is 0 Å². The van der Waals surface area contributed by atoms with Crippen LogP contribution < -0.4 is 0 Å². The third-order valence-electron chi connectivity index (χ3n) is 7.17. The Kier molecular flexibility index (Phi) is 5.45. The molecule has 3 heteroatoms. The lowest BCUT2D eigenvalue weighted by molar-refractivity contribution is 0.332. The minimum atomic E-state index is 0.823. The van der Waals surface area contributed by atoms with Crippen LogP contribution in [-0.2, 0) is 26.4 Å². The zero-order chi connectivity index (χ0) is 20.5. The maximum Gasteiger partial charge on any atom is 0.0705 e. The highest BCUT2D eigenvalue weighted by Crippen LogP contribution is 2.30. The lowest BCUT2D eigenvalue weighted by atomic mass is 9.85. The van der Waals surface area contributed by atoms with Crippen molar-refractivity contribution in [2.45, 2.75) is 71.3 Å². The third-order valence-corrected chi connectivity index (χ3v) is 7.17. The SMILES string of the molecule is Cc1cc(CC2=NCc3ccccc32)cc2c1c(CCCC1CCCCC1)nn2C. The van der Waals surface area contributed by atoms with Gasteiger partial charge in [0.2, 0.25) is 0 Å². The van der Waals surface area contributed by atoms with Crippen molar-refractivity contribution in [1.29, 1.82) is 0 Å². The number of rotatable bonds is 6. The van der Waals surface area contributed by atoms with Crippen molar-refractivity contribution in [2.24, 2.45) is 18.0 Å². The van der Waals surface area contributed by atoms with Crippen molar-refractivity contribution < 1.29 is 0 Å². The van der Waals surface area contributed by atoms with Crippen LogP contribution in [0.15, 0.2) is 41.4 Å².